The Morgan fingerprint density at radius 2 is 2.50 bits per heavy atom. The molecule has 3 N–H and O–H groups in total. The second-order valence-electron chi connectivity index (χ2n) is 3.03. The molecule has 1 heterocycles. The lowest BCUT2D eigenvalue weighted by Gasteiger charge is -2.19. The Kier molecular flexibility index (Phi) is 3.53. The quantitative estimate of drug-likeness (QED) is 0.758. The SMILES string of the molecule is CC(CO)C(OC(N)=O)c1ccco1. The third kappa shape index (κ3) is 2.50. The minimum Gasteiger partial charge on any atom is -0.465 e. The van der Waals surface area contributed by atoms with E-state index in [9.17, 15) is 4.79 Å². The van der Waals surface area contributed by atoms with Crippen LogP contribution < -0.4 is 5.73 Å². The highest BCUT2D eigenvalue weighted by Crippen LogP contribution is 2.25. The van der Waals surface area contributed by atoms with Crippen LogP contribution in [0.3, 0.4) is 0 Å². The van der Waals surface area contributed by atoms with Crippen LogP contribution in [0.5, 0.6) is 0 Å². The van der Waals surface area contributed by atoms with Gasteiger partial charge in [0.15, 0.2) is 6.10 Å². The molecule has 0 saturated carbocycles. The molecule has 1 aromatic rings. The standard InChI is InChI=1S/C9H13NO4/c1-6(5-11)8(14-9(10)12)7-3-2-4-13-7/h2-4,6,8,11H,5H2,1H3,(H2,10,12). The van der Waals surface area contributed by atoms with Crippen molar-refractivity contribution in [2.75, 3.05) is 6.61 Å². The number of aliphatic hydroxyl groups is 1. The van der Waals surface area contributed by atoms with E-state index < -0.39 is 12.2 Å². The van der Waals surface area contributed by atoms with Crippen molar-refractivity contribution in [2.45, 2.75) is 13.0 Å². The van der Waals surface area contributed by atoms with Gasteiger partial charge in [0.05, 0.1) is 6.26 Å². The van der Waals surface area contributed by atoms with Gasteiger partial charge in [-0.1, -0.05) is 6.92 Å². The van der Waals surface area contributed by atoms with E-state index in [2.05, 4.69) is 0 Å². The van der Waals surface area contributed by atoms with Crippen LogP contribution in [0.4, 0.5) is 4.79 Å². The predicted octanol–water partition coefficient (Wildman–Crippen LogP) is 1.04. The predicted molar refractivity (Wildman–Crippen MR) is 48.4 cm³/mol. The number of hydrogen-bond acceptors (Lipinski definition) is 4. The minimum absolute atomic E-state index is 0.112. The molecule has 78 valence electrons. The normalized spacial score (nSPS) is 14.7. The highest BCUT2D eigenvalue weighted by molar-refractivity contribution is 5.64. The van der Waals surface area contributed by atoms with Crippen molar-refractivity contribution < 1.29 is 19.1 Å². The second-order valence-corrected chi connectivity index (χ2v) is 3.03. The van der Waals surface area contributed by atoms with E-state index >= 15 is 0 Å². The van der Waals surface area contributed by atoms with Crippen molar-refractivity contribution in [1.82, 2.24) is 0 Å². The summed E-state index contributed by atoms with van der Waals surface area (Å²) in [5.74, 6) is 0.221. The zero-order valence-corrected chi connectivity index (χ0v) is 7.84. The molecule has 0 aliphatic rings. The maximum absolute atomic E-state index is 10.6. The van der Waals surface area contributed by atoms with E-state index in [1.54, 1.807) is 19.1 Å². The van der Waals surface area contributed by atoms with Crippen LogP contribution in [0.25, 0.3) is 0 Å². The van der Waals surface area contributed by atoms with E-state index in [0.29, 0.717) is 5.76 Å². The zero-order valence-electron chi connectivity index (χ0n) is 7.84. The molecule has 0 aromatic carbocycles. The van der Waals surface area contributed by atoms with Crippen LogP contribution in [0.15, 0.2) is 22.8 Å². The molecule has 0 saturated heterocycles. The van der Waals surface area contributed by atoms with Crippen LogP contribution in [0.2, 0.25) is 0 Å². The summed E-state index contributed by atoms with van der Waals surface area (Å²) in [6.07, 6.45) is -0.0456. The van der Waals surface area contributed by atoms with Gasteiger partial charge in [-0.15, -0.1) is 0 Å². The first-order valence-electron chi connectivity index (χ1n) is 4.25. The maximum Gasteiger partial charge on any atom is 0.405 e. The molecule has 5 nitrogen and oxygen atoms in total. The smallest absolute Gasteiger partial charge is 0.405 e. The zero-order chi connectivity index (χ0) is 10.6. The molecule has 0 bridgehead atoms. The molecule has 5 heteroatoms. The maximum atomic E-state index is 10.6. The summed E-state index contributed by atoms with van der Waals surface area (Å²) in [6, 6.07) is 3.34. The van der Waals surface area contributed by atoms with Gasteiger partial charge in [-0.3, -0.25) is 0 Å². The summed E-state index contributed by atoms with van der Waals surface area (Å²) in [5.41, 5.74) is 4.91. The van der Waals surface area contributed by atoms with Crippen molar-refractivity contribution in [3.8, 4) is 0 Å². The Labute approximate surface area is 81.5 Å². The first-order chi connectivity index (χ1) is 6.65. The van der Waals surface area contributed by atoms with Crippen molar-refractivity contribution in [1.29, 1.82) is 0 Å². The molecular weight excluding hydrogens is 186 g/mol. The fourth-order valence-corrected chi connectivity index (χ4v) is 1.13. The van der Waals surface area contributed by atoms with Crippen molar-refractivity contribution in [3.63, 3.8) is 0 Å². The van der Waals surface area contributed by atoms with Crippen LogP contribution in [0, 0.1) is 5.92 Å². The largest absolute Gasteiger partial charge is 0.465 e. The van der Waals surface area contributed by atoms with E-state index in [4.69, 9.17) is 20.0 Å². The Bertz CT molecular complexity index is 283. The Hall–Kier alpha value is -1.49. The lowest BCUT2D eigenvalue weighted by atomic mass is 10.0. The molecular formula is C9H13NO4. The number of furan rings is 1. The number of aliphatic hydroxyl groups excluding tert-OH is 1. The number of carbonyl (C=O) groups is 1. The number of rotatable bonds is 4. The third-order valence-electron chi connectivity index (χ3n) is 1.87. The van der Waals surface area contributed by atoms with E-state index in [-0.39, 0.29) is 12.5 Å². The number of nitrogens with two attached hydrogens (primary N) is 1. The van der Waals surface area contributed by atoms with Crippen LogP contribution in [-0.2, 0) is 4.74 Å². The summed E-state index contributed by atoms with van der Waals surface area (Å²) in [4.78, 5) is 10.6. The molecule has 0 aliphatic carbocycles. The van der Waals surface area contributed by atoms with Gasteiger partial charge in [0.2, 0.25) is 0 Å². The lowest BCUT2D eigenvalue weighted by molar-refractivity contribution is 0.0369. The molecule has 0 fully saturated rings. The summed E-state index contributed by atoms with van der Waals surface area (Å²) in [7, 11) is 0. The molecule has 1 amide bonds. The highest BCUT2D eigenvalue weighted by Gasteiger charge is 2.24. The number of amides is 1. The average Bonchev–Trinajstić information content (AvgIpc) is 2.65. The molecule has 2 atom stereocenters. The van der Waals surface area contributed by atoms with Crippen LogP contribution in [-0.4, -0.2) is 17.8 Å². The Morgan fingerprint density at radius 3 is 2.93 bits per heavy atom. The van der Waals surface area contributed by atoms with Gasteiger partial charge in [0.1, 0.15) is 5.76 Å². The molecule has 0 radical (unpaired) electrons. The number of hydrogen-bond donors (Lipinski definition) is 2. The second kappa shape index (κ2) is 4.66. The summed E-state index contributed by atoms with van der Waals surface area (Å²) < 4.78 is 9.91. The molecule has 1 aromatic heterocycles. The van der Waals surface area contributed by atoms with Gasteiger partial charge in [-0.25, -0.2) is 4.79 Å². The van der Waals surface area contributed by atoms with Crippen molar-refractivity contribution in [3.05, 3.63) is 24.2 Å². The average molecular weight is 199 g/mol. The highest BCUT2D eigenvalue weighted by atomic mass is 16.6. The van der Waals surface area contributed by atoms with E-state index in [1.807, 2.05) is 0 Å². The summed E-state index contributed by atoms with van der Waals surface area (Å²) >= 11 is 0. The first kappa shape index (κ1) is 10.6. The van der Waals surface area contributed by atoms with Crippen LogP contribution >= 0.6 is 0 Å². The van der Waals surface area contributed by atoms with Gasteiger partial charge >= 0.3 is 6.09 Å². The van der Waals surface area contributed by atoms with Crippen molar-refractivity contribution >= 4 is 6.09 Å². The fourth-order valence-electron chi connectivity index (χ4n) is 1.13. The molecule has 2 unspecified atom stereocenters. The number of ether oxygens (including phenoxy) is 1. The van der Waals surface area contributed by atoms with Gasteiger partial charge in [-0.2, -0.15) is 0 Å². The van der Waals surface area contributed by atoms with Crippen molar-refractivity contribution in [2.24, 2.45) is 11.7 Å². The summed E-state index contributed by atoms with van der Waals surface area (Å²) in [6.45, 7) is 1.62. The van der Waals surface area contributed by atoms with Crippen LogP contribution in [0.1, 0.15) is 18.8 Å². The third-order valence-corrected chi connectivity index (χ3v) is 1.87. The van der Waals surface area contributed by atoms with Gasteiger partial charge in [-0.05, 0) is 12.1 Å². The van der Waals surface area contributed by atoms with E-state index in [0.717, 1.165) is 0 Å². The molecule has 0 aliphatic heterocycles. The number of primary amides is 1. The Balaban J connectivity index is 2.77. The molecule has 0 spiro atoms. The number of carbonyl (C=O) groups excluding carboxylic acids is 1. The Morgan fingerprint density at radius 1 is 1.79 bits per heavy atom. The molecule has 14 heavy (non-hydrogen) atoms. The lowest BCUT2D eigenvalue weighted by Crippen LogP contribution is -2.23. The fraction of sp³-hybridized carbons (Fsp3) is 0.444. The first-order valence-corrected chi connectivity index (χ1v) is 4.25. The minimum atomic E-state index is -0.883. The molecule has 1 rings (SSSR count). The van der Waals surface area contributed by atoms with Gasteiger partial charge < -0.3 is 20.0 Å². The monoisotopic (exact) mass is 199 g/mol. The topological polar surface area (TPSA) is 85.7 Å². The van der Waals surface area contributed by atoms with Gasteiger partial charge in [0, 0.05) is 12.5 Å². The van der Waals surface area contributed by atoms with E-state index in [1.165, 1.54) is 6.26 Å². The summed E-state index contributed by atoms with van der Waals surface area (Å²) in [5, 5.41) is 8.94. The van der Waals surface area contributed by atoms with Gasteiger partial charge in [0.25, 0.3) is 0 Å².